The van der Waals surface area contributed by atoms with Crippen LogP contribution in [0, 0.1) is 0 Å². The third-order valence-corrected chi connectivity index (χ3v) is 6.62. The molecule has 0 fully saturated rings. The number of fused-ring (bicyclic) bond motifs is 1. The molecule has 3 rings (SSSR count). The Morgan fingerprint density at radius 1 is 1.22 bits per heavy atom. The molecule has 1 aliphatic rings. The molecule has 1 aliphatic heterocycles. The Kier molecular flexibility index (Phi) is 5.89. The second-order valence-electron chi connectivity index (χ2n) is 6.79. The molecule has 0 aromatic heterocycles. The number of sulfonamides is 1. The van der Waals surface area contributed by atoms with Crippen LogP contribution in [-0.2, 0) is 16.4 Å². The van der Waals surface area contributed by atoms with Gasteiger partial charge in [-0.2, -0.15) is 0 Å². The highest BCUT2D eigenvalue weighted by Gasteiger charge is 2.26. The fourth-order valence-electron chi connectivity index (χ4n) is 3.12. The number of halogens is 1. The first-order valence-corrected chi connectivity index (χ1v) is 10.9. The van der Waals surface area contributed by atoms with E-state index in [0.29, 0.717) is 23.6 Å². The molecular weight excluding hydrogens is 384 g/mol. The van der Waals surface area contributed by atoms with Gasteiger partial charge in [0.1, 0.15) is 0 Å². The number of benzene rings is 2. The summed E-state index contributed by atoms with van der Waals surface area (Å²) in [6, 6.07) is 11.6. The van der Waals surface area contributed by atoms with E-state index in [0.717, 1.165) is 24.1 Å². The molecule has 1 atom stereocenters. The quantitative estimate of drug-likeness (QED) is 0.815. The maximum absolute atomic E-state index is 12.9. The summed E-state index contributed by atoms with van der Waals surface area (Å²) in [5.41, 5.74) is 2.20. The van der Waals surface area contributed by atoms with Crippen LogP contribution in [0.4, 0.5) is 5.69 Å². The molecule has 27 heavy (non-hydrogen) atoms. The molecule has 0 radical (unpaired) electrons. The molecule has 5 nitrogen and oxygen atoms in total. The SMILES string of the molecule is CC[C@@H](C)NS(=O)(=O)c1ccc2c(c1)CCCN2C(=O)c1ccc(Cl)cc1. The van der Waals surface area contributed by atoms with Crippen LogP contribution in [0.1, 0.15) is 42.6 Å². The van der Waals surface area contributed by atoms with Gasteiger partial charge in [-0.25, -0.2) is 13.1 Å². The number of carbonyl (C=O) groups is 1. The van der Waals surface area contributed by atoms with E-state index in [1.165, 1.54) is 0 Å². The Labute approximate surface area is 165 Å². The first-order valence-electron chi connectivity index (χ1n) is 9.04. The van der Waals surface area contributed by atoms with E-state index in [2.05, 4.69) is 4.72 Å². The number of amides is 1. The lowest BCUT2D eigenvalue weighted by molar-refractivity contribution is 0.0985. The van der Waals surface area contributed by atoms with Crippen molar-refractivity contribution in [1.29, 1.82) is 0 Å². The zero-order valence-electron chi connectivity index (χ0n) is 15.4. The van der Waals surface area contributed by atoms with E-state index in [1.807, 2.05) is 13.8 Å². The van der Waals surface area contributed by atoms with Gasteiger partial charge in [-0.15, -0.1) is 0 Å². The Morgan fingerprint density at radius 3 is 2.59 bits per heavy atom. The number of nitrogens with zero attached hydrogens (tertiary/aromatic N) is 1. The van der Waals surface area contributed by atoms with Crippen LogP contribution in [0.2, 0.25) is 5.02 Å². The molecular formula is C20H23ClN2O3S. The molecule has 0 saturated heterocycles. The number of aryl methyl sites for hydroxylation is 1. The smallest absolute Gasteiger partial charge is 0.258 e. The Morgan fingerprint density at radius 2 is 1.93 bits per heavy atom. The highest BCUT2D eigenvalue weighted by atomic mass is 35.5. The minimum absolute atomic E-state index is 0.110. The maximum Gasteiger partial charge on any atom is 0.258 e. The molecule has 1 heterocycles. The lowest BCUT2D eigenvalue weighted by atomic mass is 10.0. The van der Waals surface area contributed by atoms with Crippen LogP contribution in [0.5, 0.6) is 0 Å². The fraction of sp³-hybridized carbons (Fsp3) is 0.350. The first kappa shape index (κ1) is 19.9. The summed E-state index contributed by atoms with van der Waals surface area (Å²) in [5, 5.41) is 0.578. The topological polar surface area (TPSA) is 66.5 Å². The average molecular weight is 407 g/mol. The lowest BCUT2D eigenvalue weighted by Gasteiger charge is -2.30. The van der Waals surface area contributed by atoms with Gasteiger partial charge >= 0.3 is 0 Å². The van der Waals surface area contributed by atoms with Crippen molar-refractivity contribution in [2.75, 3.05) is 11.4 Å². The summed E-state index contributed by atoms with van der Waals surface area (Å²) in [6.07, 6.45) is 2.24. The fourth-order valence-corrected chi connectivity index (χ4v) is 4.62. The van der Waals surface area contributed by atoms with Crippen molar-refractivity contribution in [1.82, 2.24) is 4.72 Å². The van der Waals surface area contributed by atoms with Crippen molar-refractivity contribution in [2.24, 2.45) is 0 Å². The van der Waals surface area contributed by atoms with Gasteiger partial charge in [-0.05, 0) is 74.2 Å². The van der Waals surface area contributed by atoms with Gasteiger partial charge < -0.3 is 4.90 Å². The predicted molar refractivity (Wildman–Crippen MR) is 108 cm³/mol. The van der Waals surface area contributed by atoms with Gasteiger partial charge in [-0.3, -0.25) is 4.79 Å². The zero-order chi connectivity index (χ0) is 19.6. The van der Waals surface area contributed by atoms with E-state index in [9.17, 15) is 13.2 Å². The molecule has 2 aromatic rings. The number of hydrogen-bond acceptors (Lipinski definition) is 3. The van der Waals surface area contributed by atoms with Gasteiger partial charge in [0.15, 0.2) is 0 Å². The molecule has 1 N–H and O–H groups in total. The van der Waals surface area contributed by atoms with Crippen molar-refractivity contribution in [3.05, 3.63) is 58.6 Å². The second-order valence-corrected chi connectivity index (χ2v) is 8.94. The van der Waals surface area contributed by atoms with Crippen molar-refractivity contribution in [2.45, 2.75) is 44.0 Å². The summed E-state index contributed by atoms with van der Waals surface area (Å²) in [5.74, 6) is -0.110. The molecule has 0 saturated carbocycles. The van der Waals surface area contributed by atoms with Gasteiger partial charge in [0.05, 0.1) is 4.90 Å². The molecule has 0 spiro atoms. The van der Waals surface area contributed by atoms with E-state index in [4.69, 9.17) is 11.6 Å². The Bertz CT molecular complexity index is 942. The van der Waals surface area contributed by atoms with Crippen LogP contribution in [0.15, 0.2) is 47.4 Å². The second kappa shape index (κ2) is 8.00. The first-order chi connectivity index (χ1) is 12.8. The zero-order valence-corrected chi connectivity index (χ0v) is 17.0. The molecule has 7 heteroatoms. The summed E-state index contributed by atoms with van der Waals surface area (Å²) in [7, 11) is -3.57. The average Bonchev–Trinajstić information content (AvgIpc) is 2.66. The number of carbonyl (C=O) groups excluding carboxylic acids is 1. The normalized spacial score (nSPS) is 15.3. The number of hydrogen-bond donors (Lipinski definition) is 1. The number of nitrogens with one attached hydrogen (secondary N) is 1. The molecule has 2 aromatic carbocycles. The third kappa shape index (κ3) is 4.34. The minimum atomic E-state index is -3.57. The summed E-state index contributed by atoms with van der Waals surface area (Å²) in [4.78, 5) is 14.8. The Hall–Kier alpha value is -1.89. The van der Waals surface area contributed by atoms with E-state index < -0.39 is 10.0 Å². The summed E-state index contributed by atoms with van der Waals surface area (Å²) < 4.78 is 27.8. The standard InChI is InChI=1S/C20H23ClN2O3S/c1-3-14(2)22-27(25,26)18-10-11-19-16(13-18)5-4-12-23(19)20(24)15-6-8-17(21)9-7-15/h6-11,13-14,22H,3-5,12H2,1-2H3/t14-/m1/s1. The summed E-state index contributed by atoms with van der Waals surface area (Å²) in [6.45, 7) is 4.37. The van der Waals surface area contributed by atoms with Crippen LogP contribution in [-0.4, -0.2) is 26.9 Å². The minimum Gasteiger partial charge on any atom is -0.308 e. The van der Waals surface area contributed by atoms with Crippen molar-refractivity contribution in [3.63, 3.8) is 0 Å². The largest absolute Gasteiger partial charge is 0.308 e. The van der Waals surface area contributed by atoms with Crippen molar-refractivity contribution < 1.29 is 13.2 Å². The predicted octanol–water partition coefficient (Wildman–Crippen LogP) is 4.01. The number of rotatable bonds is 5. The van der Waals surface area contributed by atoms with Crippen molar-refractivity contribution >= 4 is 33.2 Å². The van der Waals surface area contributed by atoms with Crippen LogP contribution in [0.25, 0.3) is 0 Å². The van der Waals surface area contributed by atoms with E-state index in [-0.39, 0.29) is 16.8 Å². The van der Waals surface area contributed by atoms with Gasteiger partial charge in [-0.1, -0.05) is 18.5 Å². The molecule has 0 aliphatic carbocycles. The van der Waals surface area contributed by atoms with Crippen LogP contribution in [0.3, 0.4) is 0 Å². The molecule has 144 valence electrons. The van der Waals surface area contributed by atoms with Crippen LogP contribution >= 0.6 is 11.6 Å². The van der Waals surface area contributed by atoms with E-state index in [1.54, 1.807) is 47.4 Å². The summed E-state index contributed by atoms with van der Waals surface area (Å²) >= 11 is 5.90. The molecule has 0 bridgehead atoms. The van der Waals surface area contributed by atoms with Crippen LogP contribution < -0.4 is 9.62 Å². The maximum atomic E-state index is 12.9. The third-order valence-electron chi connectivity index (χ3n) is 4.78. The monoisotopic (exact) mass is 406 g/mol. The van der Waals surface area contributed by atoms with Gasteiger partial charge in [0.2, 0.25) is 10.0 Å². The van der Waals surface area contributed by atoms with Crippen molar-refractivity contribution in [3.8, 4) is 0 Å². The highest BCUT2D eigenvalue weighted by molar-refractivity contribution is 7.89. The molecule has 0 unspecified atom stereocenters. The van der Waals surface area contributed by atoms with Gasteiger partial charge in [0.25, 0.3) is 5.91 Å². The number of anilines is 1. The molecule has 1 amide bonds. The van der Waals surface area contributed by atoms with E-state index >= 15 is 0 Å². The Balaban J connectivity index is 1.91. The highest BCUT2D eigenvalue weighted by Crippen LogP contribution is 2.31. The lowest BCUT2D eigenvalue weighted by Crippen LogP contribution is -2.36. The van der Waals surface area contributed by atoms with Gasteiger partial charge in [0, 0.05) is 28.9 Å².